The minimum atomic E-state index is 0.201. The molecule has 0 saturated carbocycles. The minimum absolute atomic E-state index is 0.201. The van der Waals surface area contributed by atoms with Gasteiger partial charge in [-0.3, -0.25) is 0 Å². The Bertz CT molecular complexity index is 520. The van der Waals surface area contributed by atoms with Crippen LogP contribution in [0.1, 0.15) is 39.5 Å². The third-order valence-electron chi connectivity index (χ3n) is 5.21. The molecular formula is C19H25N. The predicted molar refractivity (Wildman–Crippen MR) is 85.7 cm³/mol. The molecule has 3 aliphatic rings. The first kappa shape index (κ1) is 13.5. The summed E-state index contributed by atoms with van der Waals surface area (Å²) in [7, 11) is 0. The molecule has 1 saturated heterocycles. The highest BCUT2D eigenvalue weighted by molar-refractivity contribution is 5.36. The average Bonchev–Trinajstić information content (AvgIpc) is 2.63. The normalized spacial score (nSPS) is 36.0. The molecule has 0 spiro atoms. The highest BCUT2D eigenvalue weighted by Gasteiger charge is 2.48. The van der Waals surface area contributed by atoms with Gasteiger partial charge in [0.25, 0.3) is 0 Å². The van der Waals surface area contributed by atoms with Crippen molar-refractivity contribution in [3.05, 3.63) is 60.6 Å². The summed E-state index contributed by atoms with van der Waals surface area (Å²) in [6.45, 7) is 9.09. The van der Waals surface area contributed by atoms with Crippen molar-refractivity contribution in [2.24, 2.45) is 17.3 Å². The van der Waals surface area contributed by atoms with Crippen molar-refractivity contribution >= 4 is 0 Å². The summed E-state index contributed by atoms with van der Waals surface area (Å²) in [5, 5.41) is 0. The fraction of sp³-hybridized carbons (Fsp3) is 0.474. The van der Waals surface area contributed by atoms with Gasteiger partial charge in [0.2, 0.25) is 0 Å². The first-order valence-electron chi connectivity index (χ1n) is 7.87. The monoisotopic (exact) mass is 267 g/mol. The van der Waals surface area contributed by atoms with Crippen LogP contribution in [-0.4, -0.2) is 4.90 Å². The molecule has 2 heterocycles. The fourth-order valence-electron chi connectivity index (χ4n) is 4.08. The second-order valence-electron chi connectivity index (χ2n) is 6.36. The van der Waals surface area contributed by atoms with Crippen molar-refractivity contribution in [1.29, 1.82) is 0 Å². The van der Waals surface area contributed by atoms with E-state index in [9.17, 15) is 0 Å². The number of hydrogen-bond acceptors (Lipinski definition) is 1. The van der Waals surface area contributed by atoms with E-state index in [1.807, 2.05) is 0 Å². The summed E-state index contributed by atoms with van der Waals surface area (Å²) in [5.41, 5.74) is 2.90. The molecule has 106 valence electrons. The van der Waals surface area contributed by atoms with Crippen LogP contribution >= 0.6 is 0 Å². The Hall–Kier alpha value is -1.50. The third-order valence-corrected chi connectivity index (χ3v) is 5.21. The van der Waals surface area contributed by atoms with Crippen LogP contribution in [0.15, 0.2) is 60.6 Å². The Balaban J connectivity index is 2.11. The van der Waals surface area contributed by atoms with Crippen LogP contribution in [0.4, 0.5) is 0 Å². The predicted octanol–water partition coefficient (Wildman–Crippen LogP) is 5.17. The Morgan fingerprint density at radius 1 is 1.40 bits per heavy atom. The lowest BCUT2D eigenvalue weighted by Crippen LogP contribution is -2.46. The third kappa shape index (κ3) is 1.91. The molecule has 0 amide bonds. The number of allylic oxidation sites excluding steroid dienone is 8. The smallest absolute Gasteiger partial charge is 0.0265 e. The van der Waals surface area contributed by atoms with Gasteiger partial charge >= 0.3 is 0 Å². The van der Waals surface area contributed by atoms with E-state index in [1.165, 1.54) is 17.8 Å². The second-order valence-corrected chi connectivity index (χ2v) is 6.36. The Morgan fingerprint density at radius 2 is 2.25 bits per heavy atom. The van der Waals surface area contributed by atoms with E-state index in [4.69, 9.17) is 0 Å². The van der Waals surface area contributed by atoms with Gasteiger partial charge in [0.1, 0.15) is 0 Å². The summed E-state index contributed by atoms with van der Waals surface area (Å²) in [6.07, 6.45) is 20.8. The number of nitrogens with zero attached hydrogens (tertiary/aromatic N) is 1. The number of piperidine rings is 1. The van der Waals surface area contributed by atoms with E-state index in [0.717, 1.165) is 19.3 Å². The van der Waals surface area contributed by atoms with E-state index in [-0.39, 0.29) is 5.41 Å². The molecule has 0 aromatic heterocycles. The Labute approximate surface area is 123 Å². The first-order chi connectivity index (χ1) is 9.68. The van der Waals surface area contributed by atoms with Gasteiger partial charge in [-0.25, -0.2) is 0 Å². The zero-order valence-electron chi connectivity index (χ0n) is 12.7. The molecular weight excluding hydrogens is 242 g/mol. The van der Waals surface area contributed by atoms with Crippen LogP contribution in [-0.2, 0) is 0 Å². The maximum Gasteiger partial charge on any atom is 0.0265 e. The Morgan fingerprint density at radius 3 is 3.05 bits per heavy atom. The molecule has 3 atom stereocenters. The van der Waals surface area contributed by atoms with Crippen molar-refractivity contribution in [1.82, 2.24) is 4.90 Å². The summed E-state index contributed by atoms with van der Waals surface area (Å²) >= 11 is 0. The van der Waals surface area contributed by atoms with E-state index in [0.29, 0.717) is 11.8 Å². The summed E-state index contributed by atoms with van der Waals surface area (Å²) in [4.78, 5) is 2.35. The quantitative estimate of drug-likeness (QED) is 0.624. The lowest BCUT2D eigenvalue weighted by molar-refractivity contribution is 0.123. The van der Waals surface area contributed by atoms with Gasteiger partial charge < -0.3 is 4.90 Å². The molecule has 1 aliphatic carbocycles. The highest BCUT2D eigenvalue weighted by Crippen LogP contribution is 2.55. The maximum atomic E-state index is 4.43. The van der Waals surface area contributed by atoms with Gasteiger partial charge in [0.15, 0.2) is 0 Å². The fourth-order valence-corrected chi connectivity index (χ4v) is 4.08. The standard InChI is InChI=1S/C19H25N/c1-4-5-13-19(3)16-10-8-9-14-20(15(16)2)18-12-7-6-11-17(18)19/h5-7,9,12-14,16-17H,2,4,8,10-11H2,1,3H3. The molecule has 2 bridgehead atoms. The van der Waals surface area contributed by atoms with E-state index < -0.39 is 0 Å². The molecule has 3 unspecified atom stereocenters. The lowest BCUT2D eigenvalue weighted by atomic mass is 9.60. The number of hydrogen-bond donors (Lipinski definition) is 0. The summed E-state index contributed by atoms with van der Waals surface area (Å²) < 4.78 is 0. The van der Waals surface area contributed by atoms with E-state index in [1.54, 1.807) is 0 Å². The van der Waals surface area contributed by atoms with Crippen LogP contribution in [0.2, 0.25) is 0 Å². The lowest BCUT2D eigenvalue weighted by Gasteiger charge is -2.52. The summed E-state index contributed by atoms with van der Waals surface area (Å²) in [6, 6.07) is 0. The molecule has 0 radical (unpaired) electrons. The summed E-state index contributed by atoms with van der Waals surface area (Å²) in [5.74, 6) is 1.13. The van der Waals surface area contributed by atoms with Gasteiger partial charge in [-0.1, -0.05) is 50.8 Å². The van der Waals surface area contributed by atoms with Crippen LogP contribution in [0.3, 0.4) is 0 Å². The second kappa shape index (κ2) is 5.12. The molecule has 0 aromatic carbocycles. The topological polar surface area (TPSA) is 3.24 Å². The number of rotatable bonds is 2. The van der Waals surface area contributed by atoms with Crippen LogP contribution in [0.5, 0.6) is 0 Å². The van der Waals surface area contributed by atoms with Gasteiger partial charge in [-0.05, 0) is 31.8 Å². The highest BCUT2D eigenvalue weighted by atomic mass is 15.2. The van der Waals surface area contributed by atoms with Gasteiger partial charge in [0, 0.05) is 34.8 Å². The Kier molecular flexibility index (Phi) is 3.45. The molecule has 0 aromatic rings. The van der Waals surface area contributed by atoms with Gasteiger partial charge in [0.05, 0.1) is 0 Å². The van der Waals surface area contributed by atoms with Crippen molar-refractivity contribution < 1.29 is 0 Å². The van der Waals surface area contributed by atoms with Crippen molar-refractivity contribution in [3.63, 3.8) is 0 Å². The molecule has 1 heteroatoms. The first-order valence-corrected chi connectivity index (χ1v) is 7.87. The van der Waals surface area contributed by atoms with Crippen LogP contribution < -0.4 is 0 Å². The van der Waals surface area contributed by atoms with Gasteiger partial charge in [-0.15, -0.1) is 0 Å². The van der Waals surface area contributed by atoms with Crippen molar-refractivity contribution in [3.8, 4) is 0 Å². The van der Waals surface area contributed by atoms with Gasteiger partial charge in [-0.2, -0.15) is 0 Å². The SMILES string of the molecule is C=C1C2CCC=CN1C1=CC=CCC1C2(C)C=CCC. The average molecular weight is 267 g/mol. The van der Waals surface area contributed by atoms with Crippen molar-refractivity contribution in [2.75, 3.05) is 0 Å². The number of fused-ring (bicyclic) bond motifs is 4. The zero-order valence-corrected chi connectivity index (χ0v) is 12.7. The molecule has 2 aliphatic heterocycles. The molecule has 1 nitrogen and oxygen atoms in total. The van der Waals surface area contributed by atoms with E-state index in [2.05, 4.69) is 68.0 Å². The van der Waals surface area contributed by atoms with Crippen LogP contribution in [0, 0.1) is 17.3 Å². The van der Waals surface area contributed by atoms with E-state index >= 15 is 0 Å². The zero-order chi connectivity index (χ0) is 14.2. The maximum absolute atomic E-state index is 4.43. The van der Waals surface area contributed by atoms with Crippen LogP contribution in [0.25, 0.3) is 0 Å². The van der Waals surface area contributed by atoms with Crippen molar-refractivity contribution in [2.45, 2.75) is 39.5 Å². The minimum Gasteiger partial charge on any atom is -0.325 e. The molecule has 0 N–H and O–H groups in total. The molecule has 1 fully saturated rings. The molecule has 20 heavy (non-hydrogen) atoms. The largest absolute Gasteiger partial charge is 0.325 e. The molecule has 3 rings (SSSR count).